The lowest BCUT2D eigenvalue weighted by Gasteiger charge is -2.28. The molecular weight excluding hydrogens is 288 g/mol. The van der Waals surface area contributed by atoms with Gasteiger partial charge in [-0.2, -0.15) is 0 Å². The molecule has 3 aromatic rings. The molecule has 0 bridgehead atoms. The average molecular weight is 308 g/mol. The summed E-state index contributed by atoms with van der Waals surface area (Å²) in [5.74, 6) is 3.92. The van der Waals surface area contributed by atoms with Crippen molar-refractivity contribution in [2.24, 2.45) is 7.05 Å². The molecular formula is C18H20N4O. The van der Waals surface area contributed by atoms with Gasteiger partial charge in [-0.1, -0.05) is 0 Å². The van der Waals surface area contributed by atoms with Crippen molar-refractivity contribution in [1.82, 2.24) is 14.5 Å². The summed E-state index contributed by atoms with van der Waals surface area (Å²) in [6, 6.07) is 4.02. The summed E-state index contributed by atoms with van der Waals surface area (Å²) in [6.45, 7) is 3.80. The van der Waals surface area contributed by atoms with Gasteiger partial charge in [-0.05, 0) is 31.9 Å². The molecule has 1 saturated carbocycles. The lowest BCUT2D eigenvalue weighted by Crippen LogP contribution is -2.31. The van der Waals surface area contributed by atoms with E-state index < -0.39 is 0 Å². The van der Waals surface area contributed by atoms with E-state index in [1.807, 2.05) is 19.2 Å². The molecule has 1 aliphatic carbocycles. The van der Waals surface area contributed by atoms with Crippen molar-refractivity contribution in [2.75, 3.05) is 11.4 Å². The van der Waals surface area contributed by atoms with E-state index in [-0.39, 0.29) is 0 Å². The third kappa shape index (κ3) is 1.99. The largest absolute Gasteiger partial charge is 0.461 e. The summed E-state index contributed by atoms with van der Waals surface area (Å²) in [4.78, 5) is 11.9. The van der Waals surface area contributed by atoms with Crippen LogP contribution in [0, 0.1) is 6.92 Å². The molecule has 4 heterocycles. The number of hydrogen-bond acceptors (Lipinski definition) is 4. The maximum atomic E-state index is 5.75. The van der Waals surface area contributed by atoms with E-state index >= 15 is 0 Å². The van der Waals surface area contributed by atoms with Gasteiger partial charge in [0.05, 0.1) is 17.6 Å². The Hall–Kier alpha value is -2.30. The van der Waals surface area contributed by atoms with Crippen molar-refractivity contribution in [3.8, 4) is 0 Å². The number of nitrogens with zero attached hydrogens (tertiary/aromatic N) is 4. The van der Waals surface area contributed by atoms with Crippen molar-refractivity contribution in [3.05, 3.63) is 41.3 Å². The first-order valence-corrected chi connectivity index (χ1v) is 8.35. The fourth-order valence-corrected chi connectivity index (χ4v) is 3.76. The first-order valence-electron chi connectivity index (χ1n) is 8.35. The molecule has 0 aromatic carbocycles. The Morgan fingerprint density at radius 3 is 3.00 bits per heavy atom. The normalized spacial score (nSPS) is 17.7. The van der Waals surface area contributed by atoms with Crippen LogP contribution >= 0.6 is 0 Å². The molecule has 1 aliphatic heterocycles. The van der Waals surface area contributed by atoms with E-state index in [9.17, 15) is 0 Å². The van der Waals surface area contributed by atoms with E-state index in [4.69, 9.17) is 9.40 Å². The predicted molar refractivity (Wildman–Crippen MR) is 88.7 cm³/mol. The van der Waals surface area contributed by atoms with Crippen LogP contribution in [-0.2, 0) is 20.0 Å². The molecule has 23 heavy (non-hydrogen) atoms. The molecule has 5 nitrogen and oxygen atoms in total. The Balaban J connectivity index is 1.54. The third-order valence-electron chi connectivity index (χ3n) is 5.08. The highest BCUT2D eigenvalue weighted by Crippen LogP contribution is 2.40. The zero-order chi connectivity index (χ0) is 15.6. The highest BCUT2D eigenvalue weighted by Gasteiger charge is 2.32. The monoisotopic (exact) mass is 308 g/mol. The second kappa shape index (κ2) is 4.60. The molecule has 0 saturated heterocycles. The van der Waals surface area contributed by atoms with Crippen LogP contribution < -0.4 is 4.90 Å². The quantitative estimate of drug-likeness (QED) is 0.728. The van der Waals surface area contributed by atoms with Crippen molar-refractivity contribution < 1.29 is 4.42 Å². The fraction of sp³-hybridized carbons (Fsp3) is 0.444. The number of furan rings is 1. The number of hydrogen-bond donors (Lipinski definition) is 0. The molecule has 0 unspecified atom stereocenters. The molecule has 3 aromatic heterocycles. The van der Waals surface area contributed by atoms with Gasteiger partial charge in [0.25, 0.3) is 0 Å². The van der Waals surface area contributed by atoms with Crippen LogP contribution in [-0.4, -0.2) is 21.1 Å². The highest BCUT2D eigenvalue weighted by molar-refractivity contribution is 5.89. The molecule has 0 atom stereocenters. The smallest absolute Gasteiger partial charge is 0.140 e. The predicted octanol–water partition coefficient (Wildman–Crippen LogP) is 3.31. The summed E-state index contributed by atoms with van der Waals surface area (Å²) >= 11 is 0. The van der Waals surface area contributed by atoms with Crippen LogP contribution in [0.3, 0.4) is 0 Å². The molecule has 5 rings (SSSR count). The summed E-state index contributed by atoms with van der Waals surface area (Å²) in [5, 5.41) is 1.10. The summed E-state index contributed by atoms with van der Waals surface area (Å²) in [7, 11) is 2.17. The Kier molecular flexibility index (Phi) is 2.63. The minimum Gasteiger partial charge on any atom is -0.461 e. The number of aryl methyl sites for hydroxylation is 1. The second-order valence-corrected chi connectivity index (χ2v) is 6.77. The Bertz CT molecular complexity index is 903. The summed E-state index contributed by atoms with van der Waals surface area (Å²) in [5.41, 5.74) is 3.54. The average Bonchev–Trinajstić information content (AvgIpc) is 3.24. The van der Waals surface area contributed by atoms with E-state index in [2.05, 4.69) is 27.6 Å². The fourth-order valence-electron chi connectivity index (χ4n) is 3.76. The highest BCUT2D eigenvalue weighted by atomic mass is 16.3. The van der Waals surface area contributed by atoms with Crippen molar-refractivity contribution in [3.63, 3.8) is 0 Å². The second-order valence-electron chi connectivity index (χ2n) is 6.77. The molecule has 2 aliphatic rings. The first kappa shape index (κ1) is 13.2. The SMILES string of the molecule is Cc1cc2c(N3CCc4c(nc(C5CC5)n4C)C3)nccc2o1. The molecule has 1 fully saturated rings. The number of pyridine rings is 1. The van der Waals surface area contributed by atoms with E-state index in [0.717, 1.165) is 42.1 Å². The van der Waals surface area contributed by atoms with Gasteiger partial charge in [-0.15, -0.1) is 0 Å². The number of imidazole rings is 1. The van der Waals surface area contributed by atoms with Crippen molar-refractivity contribution >= 4 is 16.8 Å². The number of aromatic nitrogens is 3. The van der Waals surface area contributed by atoms with Gasteiger partial charge in [0.2, 0.25) is 0 Å². The molecule has 0 amide bonds. The van der Waals surface area contributed by atoms with Gasteiger partial charge in [0.1, 0.15) is 23.0 Å². The lowest BCUT2D eigenvalue weighted by atomic mass is 10.1. The minimum atomic E-state index is 0.692. The Morgan fingerprint density at radius 2 is 2.17 bits per heavy atom. The van der Waals surface area contributed by atoms with Crippen LogP contribution in [0.15, 0.2) is 22.7 Å². The van der Waals surface area contributed by atoms with Gasteiger partial charge < -0.3 is 13.9 Å². The van der Waals surface area contributed by atoms with Gasteiger partial charge in [0.15, 0.2) is 0 Å². The molecule has 0 radical (unpaired) electrons. The molecule has 118 valence electrons. The molecule has 0 N–H and O–H groups in total. The van der Waals surface area contributed by atoms with Gasteiger partial charge >= 0.3 is 0 Å². The molecule has 0 spiro atoms. The van der Waals surface area contributed by atoms with Gasteiger partial charge in [-0.25, -0.2) is 9.97 Å². The van der Waals surface area contributed by atoms with Crippen LogP contribution in [0.4, 0.5) is 5.82 Å². The maximum Gasteiger partial charge on any atom is 0.140 e. The van der Waals surface area contributed by atoms with Gasteiger partial charge in [-0.3, -0.25) is 0 Å². The van der Waals surface area contributed by atoms with Crippen molar-refractivity contribution in [2.45, 2.75) is 38.6 Å². The third-order valence-corrected chi connectivity index (χ3v) is 5.08. The van der Waals surface area contributed by atoms with E-state index in [1.165, 1.54) is 30.1 Å². The van der Waals surface area contributed by atoms with E-state index in [0.29, 0.717) is 5.92 Å². The summed E-state index contributed by atoms with van der Waals surface area (Å²) < 4.78 is 8.08. The maximum absolute atomic E-state index is 5.75. The number of rotatable bonds is 2. The standard InChI is InChI=1S/C18H20N4O/c1-11-9-13-16(23-11)5-7-19-18(13)22-8-6-15-14(10-22)20-17(21(15)2)12-3-4-12/h5,7,9,12H,3-4,6,8,10H2,1-2H3. The van der Waals surface area contributed by atoms with Gasteiger partial charge in [0, 0.05) is 37.8 Å². The minimum absolute atomic E-state index is 0.692. The Morgan fingerprint density at radius 1 is 1.30 bits per heavy atom. The zero-order valence-electron chi connectivity index (χ0n) is 13.5. The zero-order valence-corrected chi connectivity index (χ0v) is 13.5. The number of anilines is 1. The van der Waals surface area contributed by atoms with Crippen LogP contribution in [0.5, 0.6) is 0 Å². The van der Waals surface area contributed by atoms with E-state index in [1.54, 1.807) is 0 Å². The van der Waals surface area contributed by atoms with Crippen LogP contribution in [0.1, 0.15) is 41.7 Å². The lowest BCUT2D eigenvalue weighted by molar-refractivity contribution is 0.578. The van der Waals surface area contributed by atoms with Crippen LogP contribution in [0.2, 0.25) is 0 Å². The topological polar surface area (TPSA) is 47.1 Å². The van der Waals surface area contributed by atoms with Crippen molar-refractivity contribution in [1.29, 1.82) is 0 Å². The molecule has 5 heteroatoms. The number of fused-ring (bicyclic) bond motifs is 2. The Labute approximate surface area is 134 Å². The first-order chi connectivity index (χ1) is 11.2. The van der Waals surface area contributed by atoms with Crippen LogP contribution in [0.25, 0.3) is 11.0 Å². The summed E-state index contributed by atoms with van der Waals surface area (Å²) in [6.07, 6.45) is 5.45.